The lowest BCUT2D eigenvalue weighted by atomic mass is 10.2. The van der Waals surface area contributed by atoms with E-state index in [2.05, 4.69) is 5.32 Å². The van der Waals surface area contributed by atoms with Crippen LogP contribution in [0.5, 0.6) is 0 Å². The maximum Gasteiger partial charge on any atom is 0.318 e. The number of nitrogens with zero attached hydrogens (tertiary/aromatic N) is 1. The Balaban J connectivity index is 2.12. The number of rotatable bonds is 2. The van der Waals surface area contributed by atoms with Crippen LogP contribution in [-0.4, -0.2) is 23.5 Å². The Morgan fingerprint density at radius 1 is 1.60 bits per heavy atom. The molecule has 0 spiro atoms. The molecule has 15 heavy (non-hydrogen) atoms. The van der Waals surface area contributed by atoms with Gasteiger partial charge >= 0.3 is 6.03 Å². The summed E-state index contributed by atoms with van der Waals surface area (Å²) in [5.74, 6) is 0. The highest BCUT2D eigenvalue weighted by molar-refractivity contribution is 7.16. The molecule has 0 radical (unpaired) electrons. The number of nitrogens with one attached hydrogen (secondary N) is 1. The minimum atomic E-state index is 0.0134. The third kappa shape index (κ3) is 2.11. The van der Waals surface area contributed by atoms with E-state index in [0.29, 0.717) is 0 Å². The van der Waals surface area contributed by atoms with Gasteiger partial charge in [-0.3, -0.25) is 0 Å². The standard InChI is InChI=1S/C10H13ClN2OS/c1-6(2)13-5-7(12-10(13)14)8-3-4-9(11)15-8/h3-4,6-7H,5H2,1-2H3,(H,12,14). The van der Waals surface area contributed by atoms with Crippen molar-refractivity contribution >= 4 is 29.0 Å². The number of amides is 2. The number of hydrogen-bond acceptors (Lipinski definition) is 2. The molecule has 5 heteroatoms. The highest BCUT2D eigenvalue weighted by Crippen LogP contribution is 2.30. The van der Waals surface area contributed by atoms with Gasteiger partial charge in [0.05, 0.1) is 10.4 Å². The monoisotopic (exact) mass is 244 g/mol. The first-order valence-corrected chi connectivity index (χ1v) is 6.09. The van der Waals surface area contributed by atoms with E-state index in [1.807, 2.05) is 30.9 Å². The molecule has 0 bridgehead atoms. The van der Waals surface area contributed by atoms with Gasteiger partial charge < -0.3 is 10.2 Å². The maximum atomic E-state index is 11.6. The van der Waals surface area contributed by atoms with Crippen molar-refractivity contribution in [3.63, 3.8) is 0 Å². The highest BCUT2D eigenvalue weighted by atomic mass is 35.5. The zero-order chi connectivity index (χ0) is 11.0. The second kappa shape index (κ2) is 4.02. The van der Waals surface area contributed by atoms with Gasteiger partial charge in [-0.05, 0) is 26.0 Å². The second-order valence-corrected chi connectivity index (χ2v) is 5.64. The third-order valence-corrected chi connectivity index (χ3v) is 3.84. The lowest BCUT2D eigenvalue weighted by Gasteiger charge is -2.18. The van der Waals surface area contributed by atoms with Gasteiger partial charge in [0, 0.05) is 17.5 Å². The van der Waals surface area contributed by atoms with Crippen molar-refractivity contribution in [1.82, 2.24) is 10.2 Å². The number of hydrogen-bond donors (Lipinski definition) is 1. The SMILES string of the molecule is CC(C)N1CC(c2ccc(Cl)s2)NC1=O. The number of thiophene rings is 1. The average molecular weight is 245 g/mol. The van der Waals surface area contributed by atoms with Gasteiger partial charge in [-0.25, -0.2) is 4.79 Å². The second-order valence-electron chi connectivity index (χ2n) is 3.89. The lowest BCUT2D eigenvalue weighted by Crippen LogP contribution is -2.33. The van der Waals surface area contributed by atoms with E-state index in [4.69, 9.17) is 11.6 Å². The fourth-order valence-corrected chi connectivity index (χ4v) is 2.78. The summed E-state index contributed by atoms with van der Waals surface area (Å²) in [5.41, 5.74) is 0. The zero-order valence-electron chi connectivity index (χ0n) is 8.66. The van der Waals surface area contributed by atoms with Gasteiger partial charge in [-0.15, -0.1) is 11.3 Å². The summed E-state index contributed by atoms with van der Waals surface area (Å²) in [6.45, 7) is 4.76. The number of carbonyl (C=O) groups is 1. The van der Waals surface area contributed by atoms with Crippen molar-refractivity contribution in [1.29, 1.82) is 0 Å². The van der Waals surface area contributed by atoms with E-state index >= 15 is 0 Å². The van der Waals surface area contributed by atoms with Crippen LogP contribution < -0.4 is 5.32 Å². The Hall–Kier alpha value is -0.740. The van der Waals surface area contributed by atoms with E-state index in [0.717, 1.165) is 15.8 Å². The Morgan fingerprint density at radius 2 is 2.33 bits per heavy atom. The molecule has 2 amide bonds. The van der Waals surface area contributed by atoms with E-state index in [-0.39, 0.29) is 18.1 Å². The third-order valence-electron chi connectivity index (χ3n) is 2.50. The van der Waals surface area contributed by atoms with Crippen LogP contribution in [0.3, 0.4) is 0 Å². The van der Waals surface area contributed by atoms with E-state index in [1.165, 1.54) is 11.3 Å². The van der Waals surface area contributed by atoms with Crippen LogP contribution in [0.25, 0.3) is 0 Å². The molecule has 82 valence electrons. The fourth-order valence-electron chi connectivity index (χ4n) is 1.68. The molecule has 0 saturated carbocycles. The van der Waals surface area contributed by atoms with Crippen LogP contribution >= 0.6 is 22.9 Å². The van der Waals surface area contributed by atoms with Crippen molar-refractivity contribution < 1.29 is 4.79 Å². The summed E-state index contributed by atoms with van der Waals surface area (Å²) >= 11 is 7.39. The first kappa shape index (κ1) is 10.8. The van der Waals surface area contributed by atoms with E-state index < -0.39 is 0 Å². The number of carbonyl (C=O) groups excluding carboxylic acids is 1. The topological polar surface area (TPSA) is 32.3 Å². The average Bonchev–Trinajstić information content (AvgIpc) is 2.71. The summed E-state index contributed by atoms with van der Waals surface area (Å²) in [4.78, 5) is 14.5. The molecule has 1 aliphatic heterocycles. The molecular weight excluding hydrogens is 232 g/mol. The summed E-state index contributed by atoms with van der Waals surface area (Å²) in [6.07, 6.45) is 0. The van der Waals surface area contributed by atoms with Crippen LogP contribution in [-0.2, 0) is 0 Å². The van der Waals surface area contributed by atoms with Crippen LogP contribution in [0, 0.1) is 0 Å². The molecule has 0 aliphatic carbocycles. The van der Waals surface area contributed by atoms with E-state index in [9.17, 15) is 4.79 Å². The molecule has 1 saturated heterocycles. The normalized spacial score (nSPS) is 21.2. The zero-order valence-corrected chi connectivity index (χ0v) is 10.2. The lowest BCUT2D eigenvalue weighted by molar-refractivity contribution is 0.206. The Morgan fingerprint density at radius 3 is 2.80 bits per heavy atom. The predicted octanol–water partition coefficient (Wildman–Crippen LogP) is 2.88. The van der Waals surface area contributed by atoms with Crippen molar-refractivity contribution in [2.45, 2.75) is 25.9 Å². The summed E-state index contributed by atoms with van der Waals surface area (Å²) < 4.78 is 0.766. The Bertz CT molecular complexity index is 377. The molecule has 1 N–H and O–H groups in total. The van der Waals surface area contributed by atoms with Gasteiger partial charge in [-0.2, -0.15) is 0 Å². The minimum Gasteiger partial charge on any atom is -0.329 e. The molecule has 1 aliphatic rings. The Labute approximate surface area is 98.0 Å². The van der Waals surface area contributed by atoms with Gasteiger partial charge in [0.15, 0.2) is 0 Å². The summed E-state index contributed by atoms with van der Waals surface area (Å²) in [7, 11) is 0. The van der Waals surface area contributed by atoms with Crippen molar-refractivity contribution in [3.05, 3.63) is 21.3 Å². The van der Waals surface area contributed by atoms with Crippen molar-refractivity contribution in [3.8, 4) is 0 Å². The molecule has 3 nitrogen and oxygen atoms in total. The number of urea groups is 1. The summed E-state index contributed by atoms with van der Waals surface area (Å²) in [6, 6.07) is 4.19. The van der Waals surface area contributed by atoms with E-state index in [1.54, 1.807) is 0 Å². The van der Waals surface area contributed by atoms with Gasteiger partial charge in [-0.1, -0.05) is 11.6 Å². The van der Waals surface area contributed by atoms with Gasteiger partial charge in [0.2, 0.25) is 0 Å². The molecule has 1 aromatic rings. The molecule has 2 rings (SSSR count). The fraction of sp³-hybridized carbons (Fsp3) is 0.500. The summed E-state index contributed by atoms with van der Waals surface area (Å²) in [5, 5.41) is 2.95. The molecule has 0 aromatic carbocycles. The Kier molecular flexibility index (Phi) is 2.89. The first-order valence-electron chi connectivity index (χ1n) is 4.90. The molecule has 1 aromatic heterocycles. The van der Waals surface area contributed by atoms with Crippen LogP contribution in [0.1, 0.15) is 24.8 Å². The van der Waals surface area contributed by atoms with Crippen LogP contribution in [0.15, 0.2) is 12.1 Å². The maximum absolute atomic E-state index is 11.6. The number of halogens is 1. The smallest absolute Gasteiger partial charge is 0.318 e. The largest absolute Gasteiger partial charge is 0.329 e. The quantitative estimate of drug-likeness (QED) is 0.853. The molecule has 2 heterocycles. The van der Waals surface area contributed by atoms with Crippen molar-refractivity contribution in [2.24, 2.45) is 0 Å². The van der Waals surface area contributed by atoms with Crippen molar-refractivity contribution in [2.75, 3.05) is 6.54 Å². The molecule has 1 fully saturated rings. The highest BCUT2D eigenvalue weighted by Gasteiger charge is 2.31. The van der Waals surface area contributed by atoms with Crippen LogP contribution in [0.4, 0.5) is 4.79 Å². The predicted molar refractivity (Wildman–Crippen MR) is 62.4 cm³/mol. The van der Waals surface area contributed by atoms with Gasteiger partial charge in [0.1, 0.15) is 0 Å². The van der Waals surface area contributed by atoms with Gasteiger partial charge in [0.25, 0.3) is 0 Å². The first-order chi connectivity index (χ1) is 7.08. The molecule has 1 atom stereocenters. The van der Waals surface area contributed by atoms with Crippen LogP contribution in [0.2, 0.25) is 4.34 Å². The molecular formula is C10H13ClN2OS. The minimum absolute atomic E-state index is 0.0134. The molecule has 1 unspecified atom stereocenters.